The van der Waals surface area contributed by atoms with Crippen LogP contribution in [0.5, 0.6) is 0 Å². The number of methoxy groups -OCH3 is 1. The Morgan fingerprint density at radius 1 is 1.21 bits per heavy atom. The van der Waals surface area contributed by atoms with Crippen molar-refractivity contribution in [2.24, 2.45) is 5.84 Å². The number of hydrazine groups is 1. The van der Waals surface area contributed by atoms with Crippen LogP contribution in [0.1, 0.15) is 50.1 Å². The van der Waals surface area contributed by atoms with Crippen LogP contribution < -0.4 is 11.3 Å². The minimum atomic E-state index is -0.409. The molecule has 1 fully saturated rings. The summed E-state index contributed by atoms with van der Waals surface area (Å²) < 4.78 is 19.9. The van der Waals surface area contributed by atoms with Crippen molar-refractivity contribution in [3.8, 4) is 0 Å². The molecule has 1 aromatic rings. The third-order valence-corrected chi connectivity index (χ3v) is 4.27. The topological polar surface area (TPSA) is 47.3 Å². The van der Waals surface area contributed by atoms with E-state index in [4.69, 9.17) is 10.6 Å². The largest absolute Gasteiger partial charge is 0.376 e. The van der Waals surface area contributed by atoms with Gasteiger partial charge in [-0.05, 0) is 18.9 Å². The second-order valence-corrected chi connectivity index (χ2v) is 5.30. The number of ether oxygens (including phenoxy) is 1. The lowest BCUT2D eigenvalue weighted by Crippen LogP contribution is -2.48. The number of rotatable bonds is 4. The molecule has 1 atom stereocenters. The van der Waals surface area contributed by atoms with Gasteiger partial charge in [-0.25, -0.2) is 9.82 Å². The number of benzene rings is 1. The summed E-state index contributed by atoms with van der Waals surface area (Å²) in [5, 5.41) is 0. The molecule has 2 rings (SSSR count). The van der Waals surface area contributed by atoms with Gasteiger partial charge >= 0.3 is 0 Å². The van der Waals surface area contributed by atoms with Gasteiger partial charge in [0.2, 0.25) is 0 Å². The maximum Gasteiger partial charge on any atom is 0.128 e. The number of hydrogen-bond acceptors (Lipinski definition) is 3. The maximum atomic E-state index is 14.0. The van der Waals surface area contributed by atoms with E-state index in [0.717, 1.165) is 25.7 Å². The molecule has 106 valence electrons. The highest BCUT2D eigenvalue weighted by molar-refractivity contribution is 5.24. The average molecular weight is 266 g/mol. The van der Waals surface area contributed by atoms with E-state index in [2.05, 4.69) is 5.43 Å². The van der Waals surface area contributed by atoms with E-state index in [9.17, 15) is 4.39 Å². The Labute approximate surface area is 114 Å². The summed E-state index contributed by atoms with van der Waals surface area (Å²) in [6.45, 7) is 0. The monoisotopic (exact) mass is 266 g/mol. The van der Waals surface area contributed by atoms with E-state index in [1.54, 1.807) is 19.2 Å². The quantitative estimate of drug-likeness (QED) is 0.500. The molecule has 1 saturated carbocycles. The lowest BCUT2D eigenvalue weighted by molar-refractivity contribution is -0.0549. The van der Waals surface area contributed by atoms with E-state index in [1.807, 2.05) is 6.07 Å². The molecule has 0 amide bonds. The van der Waals surface area contributed by atoms with Gasteiger partial charge in [-0.1, -0.05) is 43.9 Å². The summed E-state index contributed by atoms with van der Waals surface area (Å²) in [5.74, 6) is 5.49. The van der Waals surface area contributed by atoms with E-state index < -0.39 is 5.60 Å². The molecule has 0 saturated heterocycles. The van der Waals surface area contributed by atoms with Gasteiger partial charge in [-0.2, -0.15) is 0 Å². The van der Waals surface area contributed by atoms with E-state index in [-0.39, 0.29) is 11.9 Å². The second kappa shape index (κ2) is 6.46. The smallest absolute Gasteiger partial charge is 0.128 e. The first-order valence-corrected chi connectivity index (χ1v) is 6.99. The predicted octanol–water partition coefficient (Wildman–Crippen LogP) is 3.07. The summed E-state index contributed by atoms with van der Waals surface area (Å²) in [5.41, 5.74) is 2.97. The summed E-state index contributed by atoms with van der Waals surface area (Å²) >= 11 is 0. The Hall–Kier alpha value is -0.970. The number of hydrogen-bond donors (Lipinski definition) is 2. The van der Waals surface area contributed by atoms with Crippen LogP contribution in [-0.2, 0) is 4.74 Å². The van der Waals surface area contributed by atoms with Gasteiger partial charge in [-0.3, -0.25) is 5.84 Å². The first-order valence-electron chi connectivity index (χ1n) is 6.99. The first kappa shape index (κ1) is 14.4. The molecule has 0 bridgehead atoms. The molecule has 3 N–H and O–H groups in total. The standard InChI is InChI=1S/C15H23FN2O/c1-19-15(10-6-2-3-7-11-15)14(18-17)12-8-4-5-9-13(12)16/h4-5,8-9,14,18H,2-3,6-7,10-11,17H2,1H3. The molecule has 19 heavy (non-hydrogen) atoms. The highest BCUT2D eigenvalue weighted by atomic mass is 19.1. The van der Waals surface area contributed by atoms with Crippen molar-refractivity contribution >= 4 is 0 Å². The minimum absolute atomic E-state index is 0.230. The fourth-order valence-electron chi connectivity index (χ4n) is 3.17. The highest BCUT2D eigenvalue weighted by Crippen LogP contribution is 2.40. The van der Waals surface area contributed by atoms with Crippen LogP contribution in [0.3, 0.4) is 0 Å². The van der Waals surface area contributed by atoms with Crippen molar-refractivity contribution < 1.29 is 9.13 Å². The Kier molecular flexibility index (Phi) is 4.91. The third kappa shape index (κ3) is 2.96. The Morgan fingerprint density at radius 3 is 2.37 bits per heavy atom. The Balaban J connectivity index is 2.35. The zero-order valence-corrected chi connectivity index (χ0v) is 11.5. The molecule has 1 aromatic carbocycles. The molecule has 1 unspecified atom stereocenters. The van der Waals surface area contributed by atoms with Gasteiger partial charge in [0.1, 0.15) is 5.82 Å². The summed E-state index contributed by atoms with van der Waals surface area (Å²) in [7, 11) is 1.70. The fourth-order valence-corrected chi connectivity index (χ4v) is 3.17. The SMILES string of the molecule is COC1(C(NN)c2ccccc2F)CCCCCC1. The van der Waals surface area contributed by atoms with E-state index in [1.165, 1.54) is 18.9 Å². The van der Waals surface area contributed by atoms with Gasteiger partial charge in [0.25, 0.3) is 0 Å². The molecule has 0 aromatic heterocycles. The molecule has 0 spiro atoms. The normalized spacial score (nSPS) is 20.8. The van der Waals surface area contributed by atoms with Crippen molar-refractivity contribution in [1.29, 1.82) is 0 Å². The summed E-state index contributed by atoms with van der Waals surface area (Å²) in [4.78, 5) is 0. The highest BCUT2D eigenvalue weighted by Gasteiger charge is 2.40. The van der Waals surface area contributed by atoms with Gasteiger partial charge in [0, 0.05) is 12.7 Å². The van der Waals surface area contributed by atoms with Crippen molar-refractivity contribution in [3.63, 3.8) is 0 Å². The lowest BCUT2D eigenvalue weighted by Gasteiger charge is -2.39. The molecule has 3 nitrogen and oxygen atoms in total. The van der Waals surface area contributed by atoms with Crippen LogP contribution >= 0.6 is 0 Å². The molecule has 1 aliphatic rings. The van der Waals surface area contributed by atoms with E-state index >= 15 is 0 Å². The lowest BCUT2D eigenvalue weighted by atomic mass is 9.82. The average Bonchev–Trinajstić information content (AvgIpc) is 2.68. The zero-order chi connectivity index (χ0) is 13.7. The summed E-state index contributed by atoms with van der Waals surface area (Å²) in [6.07, 6.45) is 6.43. The van der Waals surface area contributed by atoms with Crippen LogP contribution in [0.2, 0.25) is 0 Å². The third-order valence-electron chi connectivity index (χ3n) is 4.27. The maximum absolute atomic E-state index is 14.0. The number of halogens is 1. The molecule has 0 radical (unpaired) electrons. The number of nitrogens with one attached hydrogen (secondary N) is 1. The van der Waals surface area contributed by atoms with Crippen molar-refractivity contribution in [3.05, 3.63) is 35.6 Å². The van der Waals surface area contributed by atoms with Crippen molar-refractivity contribution in [2.45, 2.75) is 50.2 Å². The molecule has 1 aliphatic carbocycles. The Morgan fingerprint density at radius 2 is 1.84 bits per heavy atom. The first-order chi connectivity index (χ1) is 9.23. The van der Waals surface area contributed by atoms with Crippen LogP contribution in [0, 0.1) is 5.82 Å². The molecule has 0 aliphatic heterocycles. The van der Waals surface area contributed by atoms with Gasteiger partial charge in [-0.15, -0.1) is 0 Å². The van der Waals surface area contributed by atoms with E-state index in [0.29, 0.717) is 5.56 Å². The van der Waals surface area contributed by atoms with Crippen molar-refractivity contribution in [2.75, 3.05) is 7.11 Å². The zero-order valence-electron chi connectivity index (χ0n) is 11.5. The van der Waals surface area contributed by atoms with Crippen LogP contribution in [0.25, 0.3) is 0 Å². The molecule has 0 heterocycles. The number of nitrogens with two attached hydrogens (primary N) is 1. The van der Waals surface area contributed by atoms with Crippen molar-refractivity contribution in [1.82, 2.24) is 5.43 Å². The van der Waals surface area contributed by atoms with Gasteiger partial charge < -0.3 is 4.74 Å². The molecular formula is C15H23FN2O. The van der Waals surface area contributed by atoms with Gasteiger partial charge in [0.15, 0.2) is 0 Å². The van der Waals surface area contributed by atoms with Crippen LogP contribution in [0.4, 0.5) is 4.39 Å². The Bertz CT molecular complexity index is 403. The van der Waals surface area contributed by atoms with Gasteiger partial charge in [0.05, 0.1) is 11.6 Å². The fraction of sp³-hybridized carbons (Fsp3) is 0.600. The second-order valence-electron chi connectivity index (χ2n) is 5.30. The van der Waals surface area contributed by atoms with Crippen LogP contribution in [0.15, 0.2) is 24.3 Å². The molecular weight excluding hydrogens is 243 g/mol. The minimum Gasteiger partial charge on any atom is -0.376 e. The molecule has 4 heteroatoms. The summed E-state index contributed by atoms with van der Waals surface area (Å²) in [6, 6.07) is 6.48. The van der Waals surface area contributed by atoms with Crippen LogP contribution in [-0.4, -0.2) is 12.7 Å². The predicted molar refractivity (Wildman–Crippen MR) is 73.9 cm³/mol.